The van der Waals surface area contributed by atoms with Crippen molar-refractivity contribution in [1.29, 1.82) is 0 Å². The van der Waals surface area contributed by atoms with Gasteiger partial charge in [0.25, 0.3) is 5.69 Å². The lowest BCUT2D eigenvalue weighted by molar-refractivity contribution is -0.384. The van der Waals surface area contributed by atoms with E-state index in [1.807, 2.05) is 12.1 Å². The Kier molecular flexibility index (Phi) is 4.74. The van der Waals surface area contributed by atoms with Crippen LogP contribution < -0.4 is 10.2 Å². The molecule has 0 saturated carbocycles. The van der Waals surface area contributed by atoms with Crippen molar-refractivity contribution in [3.63, 3.8) is 0 Å². The van der Waals surface area contributed by atoms with Crippen LogP contribution in [0.5, 0.6) is 5.75 Å². The first-order valence-electron chi connectivity index (χ1n) is 8.67. The van der Waals surface area contributed by atoms with Gasteiger partial charge in [0.1, 0.15) is 17.3 Å². The molecule has 0 saturated heterocycles. The Morgan fingerprint density at radius 2 is 1.69 bits per heavy atom. The third-order valence-electron chi connectivity index (χ3n) is 4.43. The second-order valence-electron chi connectivity index (χ2n) is 6.23. The van der Waals surface area contributed by atoms with Crippen molar-refractivity contribution < 1.29 is 14.1 Å². The third kappa shape index (κ3) is 3.68. The van der Waals surface area contributed by atoms with Crippen molar-refractivity contribution in [2.45, 2.75) is 0 Å². The van der Waals surface area contributed by atoms with Gasteiger partial charge in [-0.2, -0.15) is 5.10 Å². The fourth-order valence-corrected chi connectivity index (χ4v) is 2.95. The summed E-state index contributed by atoms with van der Waals surface area (Å²) in [6.07, 6.45) is 0. The molecule has 0 aliphatic carbocycles. The summed E-state index contributed by atoms with van der Waals surface area (Å²) in [6.45, 7) is 0. The third-order valence-corrected chi connectivity index (χ3v) is 4.43. The van der Waals surface area contributed by atoms with Gasteiger partial charge in [0.2, 0.25) is 0 Å². The molecule has 1 heterocycles. The number of non-ortho nitro benzene ring substituents is 1. The van der Waals surface area contributed by atoms with Gasteiger partial charge in [-0.3, -0.25) is 15.5 Å². The Hall–Kier alpha value is -4.07. The molecule has 0 aromatic heterocycles. The average molecular weight is 390 g/mol. The van der Waals surface area contributed by atoms with Crippen molar-refractivity contribution >= 4 is 22.9 Å². The van der Waals surface area contributed by atoms with E-state index < -0.39 is 10.7 Å². The van der Waals surface area contributed by atoms with Crippen LogP contribution in [0.1, 0.15) is 16.7 Å². The minimum absolute atomic E-state index is 0.0365. The van der Waals surface area contributed by atoms with Gasteiger partial charge in [-0.25, -0.2) is 9.38 Å². The first kappa shape index (κ1) is 18.3. The Balaban J connectivity index is 1.80. The van der Waals surface area contributed by atoms with Crippen molar-refractivity contribution in [2.24, 2.45) is 10.1 Å². The summed E-state index contributed by atoms with van der Waals surface area (Å²) in [5.41, 5.74) is 5.70. The zero-order valence-electron chi connectivity index (χ0n) is 15.3. The van der Waals surface area contributed by atoms with Gasteiger partial charge < -0.3 is 4.74 Å². The van der Waals surface area contributed by atoms with E-state index in [0.29, 0.717) is 34.1 Å². The molecule has 144 valence electrons. The van der Waals surface area contributed by atoms with Gasteiger partial charge >= 0.3 is 0 Å². The number of nitrogens with one attached hydrogen (secondary N) is 1. The Morgan fingerprint density at radius 3 is 2.34 bits per heavy atom. The minimum atomic E-state index is -0.477. The summed E-state index contributed by atoms with van der Waals surface area (Å²) in [5.74, 6) is 0.763. The number of nitrogens with zero attached hydrogens (tertiary/aromatic N) is 3. The molecule has 0 radical (unpaired) electrons. The largest absolute Gasteiger partial charge is 0.497 e. The first-order valence-corrected chi connectivity index (χ1v) is 8.67. The highest BCUT2D eigenvalue weighted by atomic mass is 19.1. The molecular weight excluding hydrogens is 375 g/mol. The number of hydrogen-bond donors (Lipinski definition) is 1. The second-order valence-corrected chi connectivity index (χ2v) is 6.23. The summed E-state index contributed by atoms with van der Waals surface area (Å²) >= 11 is 0. The number of benzene rings is 3. The smallest absolute Gasteiger partial charge is 0.269 e. The molecule has 7 nitrogen and oxygen atoms in total. The molecule has 8 heteroatoms. The highest BCUT2D eigenvalue weighted by Crippen LogP contribution is 2.27. The SMILES string of the molecule is COc1ccc(C2=Nc3ccc(F)cc3C(c3ccc([N+](=O)[O-])cc3)=NN2)cc1. The predicted octanol–water partition coefficient (Wildman–Crippen LogP) is 4.18. The van der Waals surface area contributed by atoms with E-state index in [2.05, 4.69) is 15.5 Å². The van der Waals surface area contributed by atoms with Crippen molar-refractivity contribution in [2.75, 3.05) is 7.11 Å². The van der Waals surface area contributed by atoms with Crippen LogP contribution in [0.3, 0.4) is 0 Å². The molecule has 0 amide bonds. The Morgan fingerprint density at radius 1 is 1.00 bits per heavy atom. The Labute approximate surface area is 165 Å². The summed E-state index contributed by atoms with van der Waals surface area (Å²) in [5, 5.41) is 15.3. The fourth-order valence-electron chi connectivity index (χ4n) is 2.95. The lowest BCUT2D eigenvalue weighted by Crippen LogP contribution is -2.19. The van der Waals surface area contributed by atoms with E-state index in [9.17, 15) is 14.5 Å². The number of fused-ring (bicyclic) bond motifs is 1. The van der Waals surface area contributed by atoms with Crippen LogP contribution in [0, 0.1) is 15.9 Å². The number of ether oxygens (including phenoxy) is 1. The van der Waals surface area contributed by atoms with Gasteiger partial charge in [-0.1, -0.05) is 0 Å². The van der Waals surface area contributed by atoms with E-state index in [1.165, 1.54) is 24.3 Å². The molecule has 4 rings (SSSR count). The van der Waals surface area contributed by atoms with Crippen LogP contribution in [-0.2, 0) is 0 Å². The molecule has 0 unspecified atom stereocenters. The maximum Gasteiger partial charge on any atom is 0.269 e. The first-order chi connectivity index (χ1) is 14.0. The van der Waals surface area contributed by atoms with Crippen LogP contribution in [-0.4, -0.2) is 23.6 Å². The molecule has 3 aromatic rings. The fraction of sp³-hybridized carbons (Fsp3) is 0.0476. The Bertz CT molecular complexity index is 1140. The van der Waals surface area contributed by atoms with Crippen molar-refractivity contribution in [3.8, 4) is 5.75 Å². The summed E-state index contributed by atoms with van der Waals surface area (Å²) in [4.78, 5) is 15.0. The number of nitro benzene ring substituents is 1. The molecule has 0 fully saturated rings. The number of methoxy groups -OCH3 is 1. The molecule has 1 aliphatic rings. The maximum absolute atomic E-state index is 14.0. The lowest BCUT2D eigenvalue weighted by atomic mass is 10.0. The summed E-state index contributed by atoms with van der Waals surface area (Å²) in [6, 6.07) is 17.4. The van der Waals surface area contributed by atoms with Crippen molar-refractivity contribution in [1.82, 2.24) is 5.43 Å². The zero-order chi connectivity index (χ0) is 20.4. The van der Waals surface area contributed by atoms with E-state index in [0.717, 1.165) is 5.56 Å². The highest BCUT2D eigenvalue weighted by molar-refractivity contribution is 6.18. The monoisotopic (exact) mass is 390 g/mol. The van der Waals surface area contributed by atoms with Gasteiger partial charge in [-0.15, -0.1) is 0 Å². The number of aliphatic imine (C=N–C) groups is 1. The van der Waals surface area contributed by atoms with Gasteiger partial charge in [-0.05, 0) is 54.6 Å². The van der Waals surface area contributed by atoms with Gasteiger partial charge in [0.05, 0.1) is 17.7 Å². The number of hydrazone groups is 1. The van der Waals surface area contributed by atoms with Crippen LogP contribution in [0.4, 0.5) is 15.8 Å². The normalized spacial score (nSPS) is 12.8. The molecule has 0 bridgehead atoms. The molecule has 1 aliphatic heterocycles. The lowest BCUT2D eigenvalue weighted by Gasteiger charge is -2.07. The van der Waals surface area contributed by atoms with E-state index in [4.69, 9.17) is 4.74 Å². The number of halogens is 1. The van der Waals surface area contributed by atoms with Gasteiger partial charge in [0.15, 0.2) is 5.84 Å². The molecule has 0 spiro atoms. The standard InChI is InChI=1S/C21H15FN4O3/c1-29-17-9-4-14(5-10-17)21-23-19-11-6-15(22)12-18(19)20(24-25-21)13-2-7-16(8-3-13)26(27)28/h2-12H,1H3,(H,23,25). The van der Waals surface area contributed by atoms with Crippen molar-refractivity contribution in [3.05, 3.63) is 99.4 Å². The summed E-state index contributed by atoms with van der Waals surface area (Å²) in [7, 11) is 1.59. The van der Waals surface area contributed by atoms with E-state index >= 15 is 0 Å². The number of hydrogen-bond acceptors (Lipinski definition) is 6. The molecule has 0 atom stereocenters. The number of rotatable bonds is 4. The molecule has 1 N–H and O–H groups in total. The molecule has 3 aromatic carbocycles. The average Bonchev–Trinajstić information content (AvgIpc) is 2.93. The second kappa shape index (κ2) is 7.51. The minimum Gasteiger partial charge on any atom is -0.497 e. The number of nitro groups is 1. The maximum atomic E-state index is 14.0. The van der Waals surface area contributed by atoms with Crippen LogP contribution in [0.2, 0.25) is 0 Å². The number of amidine groups is 1. The summed E-state index contributed by atoms with van der Waals surface area (Å²) < 4.78 is 19.1. The highest BCUT2D eigenvalue weighted by Gasteiger charge is 2.19. The molecule has 29 heavy (non-hydrogen) atoms. The van der Waals surface area contributed by atoms with Crippen LogP contribution in [0.25, 0.3) is 0 Å². The van der Waals surface area contributed by atoms with Crippen LogP contribution in [0.15, 0.2) is 76.8 Å². The van der Waals surface area contributed by atoms with Gasteiger partial charge in [0, 0.05) is 28.8 Å². The zero-order valence-corrected chi connectivity index (χ0v) is 15.3. The van der Waals surface area contributed by atoms with E-state index in [-0.39, 0.29) is 5.69 Å². The topological polar surface area (TPSA) is 89.1 Å². The van der Waals surface area contributed by atoms with E-state index in [1.54, 1.807) is 37.4 Å². The quantitative estimate of drug-likeness (QED) is 0.535. The molecular formula is C21H15FN4O3. The predicted molar refractivity (Wildman–Crippen MR) is 107 cm³/mol. The van der Waals surface area contributed by atoms with Crippen LogP contribution >= 0.6 is 0 Å².